The Hall–Kier alpha value is -2.12. The Morgan fingerprint density at radius 2 is 2.12 bits per heavy atom. The highest BCUT2D eigenvalue weighted by molar-refractivity contribution is 8.00. The average Bonchev–Trinajstić information content (AvgIpc) is 3.08. The van der Waals surface area contributed by atoms with Crippen molar-refractivity contribution >= 4 is 44.9 Å². The van der Waals surface area contributed by atoms with E-state index in [-0.39, 0.29) is 16.7 Å². The van der Waals surface area contributed by atoms with Crippen LogP contribution in [0.1, 0.15) is 25.0 Å². The zero-order chi connectivity index (χ0) is 18.8. The zero-order valence-corrected chi connectivity index (χ0v) is 16.8. The summed E-state index contributed by atoms with van der Waals surface area (Å²) in [4.78, 5) is 29.8. The lowest BCUT2D eigenvalue weighted by Gasteiger charge is -2.16. The fraction of sp³-hybridized carbons (Fsp3) is 0.316. The van der Waals surface area contributed by atoms with Gasteiger partial charge >= 0.3 is 0 Å². The van der Waals surface area contributed by atoms with E-state index in [1.165, 1.54) is 23.1 Å². The lowest BCUT2D eigenvalue weighted by Crippen LogP contribution is -2.26. The van der Waals surface area contributed by atoms with Crippen molar-refractivity contribution in [2.24, 2.45) is 0 Å². The van der Waals surface area contributed by atoms with Gasteiger partial charge in [0.1, 0.15) is 4.70 Å². The number of benzene rings is 1. The van der Waals surface area contributed by atoms with Gasteiger partial charge in [0.15, 0.2) is 5.16 Å². The van der Waals surface area contributed by atoms with Crippen LogP contribution in [0, 0.1) is 13.8 Å². The number of nitrogens with zero attached hydrogens (tertiary/aromatic N) is 2. The maximum Gasteiger partial charge on any atom is 0.272 e. The molecule has 0 saturated carbocycles. The SMILES string of the molecule is CCn1c(SC(C)C(=O)Nc2cccc(C)c2C)nc2ccsc2c1=O. The molecule has 0 aliphatic carbocycles. The summed E-state index contributed by atoms with van der Waals surface area (Å²) in [6, 6.07) is 7.68. The first-order valence-corrected chi connectivity index (χ1v) is 10.2. The summed E-state index contributed by atoms with van der Waals surface area (Å²) < 4.78 is 2.29. The number of thiophene rings is 1. The van der Waals surface area contributed by atoms with E-state index in [2.05, 4.69) is 10.3 Å². The maximum absolute atomic E-state index is 12.6. The third-order valence-electron chi connectivity index (χ3n) is 4.36. The number of thioether (sulfide) groups is 1. The molecule has 3 aromatic rings. The van der Waals surface area contributed by atoms with Crippen LogP contribution in [0.4, 0.5) is 5.69 Å². The summed E-state index contributed by atoms with van der Waals surface area (Å²) in [6.07, 6.45) is 0. The third kappa shape index (κ3) is 3.54. The molecular weight excluding hydrogens is 366 g/mol. The van der Waals surface area contributed by atoms with Crippen molar-refractivity contribution in [2.45, 2.75) is 44.6 Å². The molecule has 136 valence electrons. The molecule has 1 N–H and O–H groups in total. The van der Waals surface area contributed by atoms with Gasteiger partial charge in [-0.05, 0) is 56.3 Å². The Kier molecular flexibility index (Phi) is 5.48. The first-order chi connectivity index (χ1) is 12.4. The van der Waals surface area contributed by atoms with E-state index in [0.717, 1.165) is 16.8 Å². The Bertz CT molecular complexity index is 1020. The molecule has 1 atom stereocenters. The summed E-state index contributed by atoms with van der Waals surface area (Å²) in [7, 11) is 0. The van der Waals surface area contributed by atoms with Crippen LogP contribution in [-0.2, 0) is 11.3 Å². The lowest BCUT2D eigenvalue weighted by molar-refractivity contribution is -0.115. The zero-order valence-electron chi connectivity index (χ0n) is 15.2. The van der Waals surface area contributed by atoms with Crippen LogP contribution in [0.5, 0.6) is 0 Å². The van der Waals surface area contributed by atoms with Crippen molar-refractivity contribution in [3.63, 3.8) is 0 Å². The number of hydrogen-bond donors (Lipinski definition) is 1. The highest BCUT2D eigenvalue weighted by Crippen LogP contribution is 2.26. The number of carbonyl (C=O) groups excluding carboxylic acids is 1. The van der Waals surface area contributed by atoms with Gasteiger partial charge in [-0.1, -0.05) is 23.9 Å². The maximum atomic E-state index is 12.6. The summed E-state index contributed by atoms with van der Waals surface area (Å²) >= 11 is 2.71. The number of nitrogens with one attached hydrogen (secondary N) is 1. The van der Waals surface area contributed by atoms with Crippen LogP contribution in [0.2, 0.25) is 0 Å². The smallest absolute Gasteiger partial charge is 0.272 e. The molecule has 1 unspecified atom stereocenters. The molecule has 7 heteroatoms. The van der Waals surface area contributed by atoms with E-state index in [0.29, 0.717) is 21.9 Å². The number of rotatable bonds is 5. The van der Waals surface area contributed by atoms with E-state index in [4.69, 9.17) is 0 Å². The van der Waals surface area contributed by atoms with Gasteiger partial charge in [0.25, 0.3) is 5.56 Å². The molecule has 3 rings (SSSR count). The minimum Gasteiger partial charge on any atom is -0.325 e. The molecule has 0 radical (unpaired) electrons. The molecule has 0 aliphatic rings. The number of amides is 1. The topological polar surface area (TPSA) is 64.0 Å². The van der Waals surface area contributed by atoms with E-state index in [1.54, 1.807) is 4.57 Å². The highest BCUT2D eigenvalue weighted by Gasteiger charge is 2.20. The molecule has 0 saturated heterocycles. The van der Waals surface area contributed by atoms with Gasteiger partial charge in [0, 0.05) is 12.2 Å². The Balaban J connectivity index is 1.84. The largest absolute Gasteiger partial charge is 0.325 e. The van der Waals surface area contributed by atoms with Gasteiger partial charge in [0.2, 0.25) is 5.91 Å². The Morgan fingerprint density at radius 3 is 2.85 bits per heavy atom. The van der Waals surface area contributed by atoms with E-state index >= 15 is 0 Å². The van der Waals surface area contributed by atoms with Crippen molar-refractivity contribution in [3.05, 3.63) is 51.1 Å². The first kappa shape index (κ1) is 18.7. The highest BCUT2D eigenvalue weighted by atomic mass is 32.2. The molecule has 5 nitrogen and oxygen atoms in total. The van der Waals surface area contributed by atoms with Crippen LogP contribution in [0.3, 0.4) is 0 Å². The van der Waals surface area contributed by atoms with Crippen molar-refractivity contribution < 1.29 is 4.79 Å². The standard InChI is InChI=1S/C19H21N3O2S2/c1-5-22-18(24)16-15(9-10-25-16)21-19(22)26-13(4)17(23)20-14-8-6-7-11(2)12(14)3/h6-10,13H,5H2,1-4H3,(H,20,23). The molecule has 26 heavy (non-hydrogen) atoms. The average molecular weight is 388 g/mol. The minimum absolute atomic E-state index is 0.0443. The monoisotopic (exact) mass is 387 g/mol. The van der Waals surface area contributed by atoms with E-state index in [1.807, 2.05) is 57.3 Å². The van der Waals surface area contributed by atoms with Crippen LogP contribution in [0.25, 0.3) is 10.2 Å². The van der Waals surface area contributed by atoms with E-state index in [9.17, 15) is 9.59 Å². The van der Waals surface area contributed by atoms with E-state index < -0.39 is 0 Å². The number of aromatic nitrogens is 2. The summed E-state index contributed by atoms with van der Waals surface area (Å²) in [5, 5.41) is 5.04. The van der Waals surface area contributed by atoms with Gasteiger partial charge < -0.3 is 5.32 Å². The van der Waals surface area contributed by atoms with Crippen LogP contribution >= 0.6 is 23.1 Å². The van der Waals surface area contributed by atoms with Gasteiger partial charge in [0.05, 0.1) is 10.8 Å². The van der Waals surface area contributed by atoms with Crippen LogP contribution in [-0.4, -0.2) is 20.7 Å². The Labute approximate surface area is 160 Å². The fourth-order valence-electron chi connectivity index (χ4n) is 2.62. The molecular formula is C19H21N3O2S2. The van der Waals surface area contributed by atoms with Gasteiger partial charge in [-0.2, -0.15) is 0 Å². The molecule has 2 heterocycles. The number of carbonyl (C=O) groups is 1. The summed E-state index contributed by atoms with van der Waals surface area (Å²) in [5.41, 5.74) is 3.65. The molecule has 0 fully saturated rings. The molecule has 0 spiro atoms. The van der Waals surface area contributed by atoms with Crippen LogP contribution in [0.15, 0.2) is 39.6 Å². The number of fused-ring (bicyclic) bond motifs is 1. The second-order valence-corrected chi connectivity index (χ2v) is 8.30. The third-order valence-corrected chi connectivity index (χ3v) is 6.34. The van der Waals surface area contributed by atoms with Gasteiger partial charge in [-0.15, -0.1) is 11.3 Å². The fourth-order valence-corrected chi connectivity index (χ4v) is 4.38. The van der Waals surface area contributed by atoms with Crippen molar-refractivity contribution in [3.8, 4) is 0 Å². The summed E-state index contributed by atoms with van der Waals surface area (Å²) in [5.74, 6) is -0.106. The Morgan fingerprint density at radius 1 is 1.35 bits per heavy atom. The molecule has 0 aliphatic heterocycles. The second kappa shape index (κ2) is 7.63. The minimum atomic E-state index is -0.379. The normalized spacial score (nSPS) is 12.3. The summed E-state index contributed by atoms with van der Waals surface area (Å²) in [6.45, 7) is 8.27. The lowest BCUT2D eigenvalue weighted by atomic mass is 10.1. The molecule has 1 aromatic carbocycles. The first-order valence-electron chi connectivity index (χ1n) is 8.44. The predicted octanol–water partition coefficient (Wildman–Crippen LogP) is 4.21. The van der Waals surface area contributed by atoms with Gasteiger partial charge in [-0.3, -0.25) is 14.2 Å². The number of aryl methyl sites for hydroxylation is 1. The number of hydrogen-bond acceptors (Lipinski definition) is 5. The quantitative estimate of drug-likeness (QED) is 0.526. The molecule has 1 amide bonds. The predicted molar refractivity (Wildman–Crippen MR) is 109 cm³/mol. The second-order valence-electron chi connectivity index (χ2n) is 6.08. The number of anilines is 1. The molecule has 2 aromatic heterocycles. The van der Waals surface area contributed by atoms with Crippen molar-refractivity contribution in [1.29, 1.82) is 0 Å². The van der Waals surface area contributed by atoms with Crippen LogP contribution < -0.4 is 10.9 Å². The van der Waals surface area contributed by atoms with Gasteiger partial charge in [-0.25, -0.2) is 4.98 Å². The van der Waals surface area contributed by atoms with Crippen molar-refractivity contribution in [1.82, 2.24) is 9.55 Å². The molecule has 0 bridgehead atoms. The van der Waals surface area contributed by atoms with Crippen molar-refractivity contribution in [2.75, 3.05) is 5.32 Å².